The van der Waals surface area contributed by atoms with Crippen LogP contribution in [0.3, 0.4) is 0 Å². The SMILES string of the molecule is O=C(Cn1nc(-c2ccc(F)cc2)ccc1=O)Nc1ccc(C2CCCCC2)cc1. The highest BCUT2D eigenvalue weighted by molar-refractivity contribution is 5.90. The number of carbonyl (C=O) groups is 1. The van der Waals surface area contributed by atoms with Gasteiger partial charge in [-0.05, 0) is 66.8 Å². The maximum absolute atomic E-state index is 13.1. The van der Waals surface area contributed by atoms with Crippen LogP contribution in [0.15, 0.2) is 65.5 Å². The van der Waals surface area contributed by atoms with Gasteiger partial charge >= 0.3 is 0 Å². The van der Waals surface area contributed by atoms with Gasteiger partial charge in [0, 0.05) is 17.3 Å². The maximum atomic E-state index is 13.1. The molecule has 0 spiro atoms. The Morgan fingerprint density at radius 1 is 0.967 bits per heavy atom. The fraction of sp³-hybridized carbons (Fsp3) is 0.292. The normalized spacial score (nSPS) is 14.4. The van der Waals surface area contributed by atoms with Gasteiger partial charge in [0.2, 0.25) is 5.91 Å². The molecule has 5 nitrogen and oxygen atoms in total. The number of benzene rings is 2. The summed E-state index contributed by atoms with van der Waals surface area (Å²) >= 11 is 0. The van der Waals surface area contributed by atoms with Crippen LogP contribution in [-0.2, 0) is 11.3 Å². The molecule has 0 atom stereocenters. The molecule has 1 N–H and O–H groups in total. The quantitative estimate of drug-likeness (QED) is 0.667. The van der Waals surface area contributed by atoms with Gasteiger partial charge in [0.1, 0.15) is 12.4 Å². The van der Waals surface area contributed by atoms with Crippen LogP contribution in [0.4, 0.5) is 10.1 Å². The van der Waals surface area contributed by atoms with Gasteiger partial charge < -0.3 is 5.32 Å². The zero-order chi connectivity index (χ0) is 20.9. The monoisotopic (exact) mass is 405 g/mol. The highest BCUT2D eigenvalue weighted by Gasteiger charge is 2.15. The molecule has 0 bridgehead atoms. The molecule has 6 heteroatoms. The summed E-state index contributed by atoms with van der Waals surface area (Å²) in [6, 6.07) is 16.7. The minimum absolute atomic E-state index is 0.196. The molecule has 1 amide bonds. The van der Waals surface area contributed by atoms with Crippen molar-refractivity contribution in [1.29, 1.82) is 0 Å². The van der Waals surface area contributed by atoms with E-state index in [-0.39, 0.29) is 23.8 Å². The summed E-state index contributed by atoms with van der Waals surface area (Å²) in [5.74, 6) is -0.0623. The molecular formula is C24H24FN3O2. The van der Waals surface area contributed by atoms with Crippen molar-refractivity contribution in [1.82, 2.24) is 9.78 Å². The molecule has 4 rings (SSSR count). The number of aromatic nitrogens is 2. The van der Waals surface area contributed by atoms with E-state index in [0.29, 0.717) is 22.9 Å². The van der Waals surface area contributed by atoms with Gasteiger partial charge in [-0.2, -0.15) is 5.10 Å². The number of rotatable bonds is 5. The fourth-order valence-corrected chi connectivity index (χ4v) is 3.95. The lowest BCUT2D eigenvalue weighted by Crippen LogP contribution is -2.29. The van der Waals surface area contributed by atoms with Gasteiger partial charge in [0.15, 0.2) is 0 Å². The Morgan fingerprint density at radius 2 is 1.67 bits per heavy atom. The van der Waals surface area contributed by atoms with Crippen molar-refractivity contribution in [3.63, 3.8) is 0 Å². The Labute approximate surface area is 174 Å². The van der Waals surface area contributed by atoms with E-state index in [1.54, 1.807) is 18.2 Å². The van der Waals surface area contributed by atoms with Gasteiger partial charge in [-0.1, -0.05) is 31.4 Å². The second-order valence-electron chi connectivity index (χ2n) is 7.73. The molecule has 0 aliphatic heterocycles. The van der Waals surface area contributed by atoms with E-state index >= 15 is 0 Å². The van der Waals surface area contributed by atoms with Crippen molar-refractivity contribution >= 4 is 11.6 Å². The van der Waals surface area contributed by atoms with Crippen molar-refractivity contribution < 1.29 is 9.18 Å². The van der Waals surface area contributed by atoms with Gasteiger partial charge in [-0.3, -0.25) is 9.59 Å². The average molecular weight is 405 g/mol. The Hall–Kier alpha value is -3.28. The molecule has 1 aliphatic rings. The van der Waals surface area contributed by atoms with E-state index in [1.165, 1.54) is 55.9 Å². The molecule has 0 radical (unpaired) electrons. The second-order valence-corrected chi connectivity index (χ2v) is 7.73. The fourth-order valence-electron chi connectivity index (χ4n) is 3.95. The lowest BCUT2D eigenvalue weighted by Gasteiger charge is -2.22. The predicted molar refractivity (Wildman–Crippen MR) is 115 cm³/mol. The second kappa shape index (κ2) is 9.03. The summed E-state index contributed by atoms with van der Waals surface area (Å²) in [4.78, 5) is 24.6. The van der Waals surface area contributed by atoms with Crippen LogP contribution in [0.5, 0.6) is 0 Å². The smallest absolute Gasteiger partial charge is 0.267 e. The lowest BCUT2D eigenvalue weighted by molar-refractivity contribution is -0.117. The molecule has 1 fully saturated rings. The number of amides is 1. The van der Waals surface area contributed by atoms with Crippen molar-refractivity contribution in [3.05, 3.63) is 82.4 Å². The molecule has 30 heavy (non-hydrogen) atoms. The number of nitrogens with zero attached hydrogens (tertiary/aromatic N) is 2. The first-order valence-corrected chi connectivity index (χ1v) is 10.3. The molecule has 0 saturated heterocycles. The molecule has 3 aromatic rings. The third-order valence-electron chi connectivity index (χ3n) is 5.57. The van der Waals surface area contributed by atoms with Gasteiger partial charge in [-0.15, -0.1) is 0 Å². The van der Waals surface area contributed by atoms with E-state index < -0.39 is 0 Å². The first-order valence-electron chi connectivity index (χ1n) is 10.3. The topological polar surface area (TPSA) is 64.0 Å². The van der Waals surface area contributed by atoms with Crippen LogP contribution in [0.25, 0.3) is 11.3 Å². The number of hydrogen-bond donors (Lipinski definition) is 1. The Kier molecular flexibility index (Phi) is 6.02. The molecule has 154 valence electrons. The third-order valence-corrected chi connectivity index (χ3v) is 5.57. The number of halogens is 1. The van der Waals surface area contributed by atoms with E-state index in [1.807, 2.05) is 12.1 Å². The minimum atomic E-state index is -0.372. The van der Waals surface area contributed by atoms with Crippen molar-refractivity contribution in [2.75, 3.05) is 5.32 Å². The maximum Gasteiger partial charge on any atom is 0.267 e. The zero-order valence-corrected chi connectivity index (χ0v) is 16.7. The van der Waals surface area contributed by atoms with E-state index in [4.69, 9.17) is 0 Å². The molecule has 1 aromatic heterocycles. The standard InChI is InChI=1S/C24H24FN3O2/c25-20-10-6-19(7-11-20)22-14-15-24(30)28(27-22)16-23(29)26-21-12-8-18(9-13-21)17-4-2-1-3-5-17/h6-15,17H,1-5,16H2,(H,26,29). The Bertz CT molecular complexity index is 1070. The van der Waals surface area contributed by atoms with Crippen LogP contribution in [0.2, 0.25) is 0 Å². The summed E-state index contributed by atoms with van der Waals surface area (Å²) in [7, 11) is 0. The van der Waals surface area contributed by atoms with Crippen LogP contribution in [0.1, 0.15) is 43.6 Å². The number of nitrogens with one attached hydrogen (secondary N) is 1. The molecule has 2 aromatic carbocycles. The largest absolute Gasteiger partial charge is 0.324 e. The number of carbonyl (C=O) groups excluding carboxylic acids is 1. The van der Waals surface area contributed by atoms with Gasteiger partial charge in [0.05, 0.1) is 5.69 Å². The van der Waals surface area contributed by atoms with Crippen LogP contribution < -0.4 is 10.9 Å². The van der Waals surface area contributed by atoms with E-state index in [0.717, 1.165) is 4.68 Å². The molecule has 0 unspecified atom stereocenters. The predicted octanol–water partition coefficient (Wildman–Crippen LogP) is 4.74. The van der Waals surface area contributed by atoms with Crippen molar-refractivity contribution in [3.8, 4) is 11.3 Å². The summed E-state index contributed by atoms with van der Waals surface area (Å²) < 4.78 is 14.2. The highest BCUT2D eigenvalue weighted by atomic mass is 19.1. The molecule has 1 aliphatic carbocycles. The molecule has 1 heterocycles. The number of anilines is 1. The molecule has 1 saturated carbocycles. The third kappa shape index (κ3) is 4.82. The lowest BCUT2D eigenvalue weighted by atomic mass is 9.84. The first-order chi connectivity index (χ1) is 14.6. The van der Waals surface area contributed by atoms with Gasteiger partial charge in [-0.25, -0.2) is 9.07 Å². The van der Waals surface area contributed by atoms with E-state index in [9.17, 15) is 14.0 Å². The van der Waals surface area contributed by atoms with Gasteiger partial charge in [0.25, 0.3) is 5.56 Å². The minimum Gasteiger partial charge on any atom is -0.324 e. The Morgan fingerprint density at radius 3 is 2.37 bits per heavy atom. The number of hydrogen-bond acceptors (Lipinski definition) is 3. The van der Waals surface area contributed by atoms with E-state index in [2.05, 4.69) is 22.5 Å². The Balaban J connectivity index is 1.43. The summed E-state index contributed by atoms with van der Waals surface area (Å²) in [6.07, 6.45) is 6.33. The zero-order valence-electron chi connectivity index (χ0n) is 16.7. The summed E-state index contributed by atoms with van der Waals surface area (Å²) in [6.45, 7) is -0.196. The van der Waals surface area contributed by atoms with Crippen LogP contribution >= 0.6 is 0 Å². The van der Waals surface area contributed by atoms with Crippen molar-refractivity contribution in [2.45, 2.75) is 44.6 Å². The van der Waals surface area contributed by atoms with Crippen LogP contribution in [-0.4, -0.2) is 15.7 Å². The summed E-state index contributed by atoms with van der Waals surface area (Å²) in [5.41, 5.74) is 2.81. The average Bonchev–Trinajstić information content (AvgIpc) is 2.77. The summed E-state index contributed by atoms with van der Waals surface area (Å²) in [5, 5.41) is 7.08. The first kappa shape index (κ1) is 20.0. The highest BCUT2D eigenvalue weighted by Crippen LogP contribution is 2.32. The van der Waals surface area contributed by atoms with Crippen LogP contribution in [0, 0.1) is 5.82 Å². The molecular weight excluding hydrogens is 381 g/mol. The van der Waals surface area contributed by atoms with Crippen molar-refractivity contribution in [2.24, 2.45) is 0 Å².